The van der Waals surface area contributed by atoms with E-state index in [1.807, 2.05) is 25.7 Å². The van der Waals surface area contributed by atoms with Crippen LogP contribution in [0.25, 0.3) is 0 Å². The molecule has 0 radical (unpaired) electrons. The highest BCUT2D eigenvalue weighted by atomic mass is 16.6. The van der Waals surface area contributed by atoms with Crippen LogP contribution in [0.1, 0.15) is 85.5 Å². The summed E-state index contributed by atoms with van der Waals surface area (Å²) in [6.07, 6.45) is 9.35. The Hall–Kier alpha value is -1.93. The van der Waals surface area contributed by atoms with Crippen molar-refractivity contribution in [2.75, 3.05) is 19.8 Å². The minimum absolute atomic E-state index is 0.0274. The molecule has 8 heteroatoms. The molecule has 0 aromatic rings. The standard InChI is InChI=1S/C29H46N2O6/c1-6-17-30(20-13-11-10-12-14-20)26(34)24-29-16-15-28(8-3,37-29)23(27(35)36-9-4)22(29)25(33)31(24)21(18-32)19(5)7-2/h6,19-24,32H,1,7-18H2,2-5H3/t19-,21-,22-,23-,24?,28+,29?/m0/s1. The Morgan fingerprint density at radius 3 is 2.51 bits per heavy atom. The number of carbonyl (C=O) groups excluding carboxylic acids is 3. The third-order valence-electron chi connectivity index (χ3n) is 9.86. The third kappa shape index (κ3) is 4.32. The highest BCUT2D eigenvalue weighted by Crippen LogP contribution is 2.65. The smallest absolute Gasteiger partial charge is 0.312 e. The number of aliphatic hydroxyl groups excluding tert-OH is 1. The molecule has 208 valence electrons. The van der Waals surface area contributed by atoms with Crippen LogP contribution in [-0.4, -0.2) is 81.8 Å². The van der Waals surface area contributed by atoms with Gasteiger partial charge in [0, 0.05) is 12.6 Å². The molecule has 3 saturated heterocycles. The fourth-order valence-electron chi connectivity index (χ4n) is 7.81. The molecule has 1 saturated carbocycles. The summed E-state index contributed by atoms with van der Waals surface area (Å²) in [6, 6.07) is -1.33. The molecule has 1 spiro atoms. The van der Waals surface area contributed by atoms with Gasteiger partial charge in [-0.2, -0.15) is 0 Å². The van der Waals surface area contributed by atoms with Crippen molar-refractivity contribution in [2.45, 2.75) is 115 Å². The maximum atomic E-state index is 14.6. The quantitative estimate of drug-likeness (QED) is 0.332. The van der Waals surface area contributed by atoms with Gasteiger partial charge in [-0.3, -0.25) is 14.4 Å². The molecule has 0 aromatic heterocycles. The molecule has 3 heterocycles. The molecule has 1 aliphatic carbocycles. The van der Waals surface area contributed by atoms with Crippen LogP contribution in [0.3, 0.4) is 0 Å². The number of hydrogen-bond donors (Lipinski definition) is 1. The predicted molar refractivity (Wildman–Crippen MR) is 139 cm³/mol. The Bertz CT molecular complexity index is 888. The highest BCUT2D eigenvalue weighted by Gasteiger charge is 2.79. The van der Waals surface area contributed by atoms with Crippen LogP contribution < -0.4 is 0 Å². The van der Waals surface area contributed by atoms with Crippen molar-refractivity contribution in [3.8, 4) is 0 Å². The summed E-state index contributed by atoms with van der Waals surface area (Å²) in [5.74, 6) is -2.38. The minimum atomic E-state index is -1.10. The fourth-order valence-corrected chi connectivity index (χ4v) is 7.81. The zero-order valence-electron chi connectivity index (χ0n) is 23.1. The molecule has 3 aliphatic heterocycles. The topological polar surface area (TPSA) is 96.4 Å². The lowest BCUT2D eigenvalue weighted by atomic mass is 9.65. The van der Waals surface area contributed by atoms with E-state index in [0.29, 0.717) is 25.8 Å². The van der Waals surface area contributed by atoms with Crippen LogP contribution in [0.5, 0.6) is 0 Å². The Balaban J connectivity index is 1.84. The molecule has 7 atom stereocenters. The number of hydrogen-bond acceptors (Lipinski definition) is 6. The predicted octanol–water partition coefficient (Wildman–Crippen LogP) is 3.46. The Kier molecular flexibility index (Phi) is 8.39. The summed E-state index contributed by atoms with van der Waals surface area (Å²) in [7, 11) is 0. The van der Waals surface area contributed by atoms with Gasteiger partial charge >= 0.3 is 5.97 Å². The molecule has 1 N–H and O–H groups in total. The number of likely N-dealkylation sites (tertiary alicyclic amines) is 1. The summed E-state index contributed by atoms with van der Waals surface area (Å²) < 4.78 is 12.3. The van der Waals surface area contributed by atoms with Crippen molar-refractivity contribution in [3.63, 3.8) is 0 Å². The molecular weight excluding hydrogens is 472 g/mol. The van der Waals surface area contributed by atoms with E-state index in [0.717, 1.165) is 38.5 Å². The number of nitrogens with zero attached hydrogens (tertiary/aromatic N) is 2. The highest BCUT2D eigenvalue weighted by molar-refractivity contribution is 5.99. The first kappa shape index (κ1) is 28.1. The van der Waals surface area contributed by atoms with Crippen molar-refractivity contribution in [2.24, 2.45) is 17.8 Å². The first-order valence-corrected chi connectivity index (χ1v) is 14.5. The van der Waals surface area contributed by atoms with Crippen LogP contribution in [0, 0.1) is 17.8 Å². The molecule has 37 heavy (non-hydrogen) atoms. The van der Waals surface area contributed by atoms with Crippen LogP contribution in [0.4, 0.5) is 0 Å². The molecule has 0 aromatic carbocycles. The van der Waals surface area contributed by atoms with E-state index in [2.05, 4.69) is 6.58 Å². The van der Waals surface area contributed by atoms with Gasteiger partial charge in [0.15, 0.2) is 0 Å². The zero-order valence-corrected chi connectivity index (χ0v) is 23.1. The van der Waals surface area contributed by atoms with Crippen molar-refractivity contribution in [1.29, 1.82) is 0 Å². The average Bonchev–Trinajstić information content (AvgIpc) is 3.52. The van der Waals surface area contributed by atoms with E-state index >= 15 is 0 Å². The van der Waals surface area contributed by atoms with Crippen LogP contribution >= 0.6 is 0 Å². The second-order valence-corrected chi connectivity index (χ2v) is 11.5. The number of fused-ring (bicyclic) bond motifs is 1. The molecule has 4 rings (SSSR count). The fraction of sp³-hybridized carbons (Fsp3) is 0.828. The molecule has 2 unspecified atom stereocenters. The lowest BCUT2D eigenvalue weighted by Gasteiger charge is -2.43. The normalized spacial score (nSPS) is 34.8. The van der Waals surface area contributed by atoms with Gasteiger partial charge in [-0.05, 0) is 44.9 Å². The largest absolute Gasteiger partial charge is 0.466 e. The van der Waals surface area contributed by atoms with E-state index in [1.165, 1.54) is 0 Å². The number of rotatable bonds is 11. The number of aliphatic hydroxyl groups is 1. The number of carbonyl (C=O) groups is 3. The maximum absolute atomic E-state index is 14.6. The zero-order chi connectivity index (χ0) is 27.0. The van der Waals surface area contributed by atoms with E-state index < -0.39 is 41.1 Å². The molecule has 4 fully saturated rings. The van der Waals surface area contributed by atoms with E-state index in [9.17, 15) is 19.5 Å². The van der Waals surface area contributed by atoms with Gasteiger partial charge in [-0.25, -0.2) is 0 Å². The van der Waals surface area contributed by atoms with Crippen LogP contribution in [0.2, 0.25) is 0 Å². The van der Waals surface area contributed by atoms with E-state index in [4.69, 9.17) is 9.47 Å². The summed E-state index contributed by atoms with van der Waals surface area (Å²) in [5, 5.41) is 10.5. The second-order valence-electron chi connectivity index (χ2n) is 11.5. The van der Waals surface area contributed by atoms with Gasteiger partial charge in [0.1, 0.15) is 17.6 Å². The van der Waals surface area contributed by atoms with Crippen molar-refractivity contribution < 1.29 is 29.0 Å². The van der Waals surface area contributed by atoms with Crippen LogP contribution in [0.15, 0.2) is 12.7 Å². The summed E-state index contributed by atoms with van der Waals surface area (Å²) >= 11 is 0. The van der Waals surface area contributed by atoms with Gasteiger partial charge in [-0.15, -0.1) is 6.58 Å². The van der Waals surface area contributed by atoms with E-state index in [-0.39, 0.29) is 37.0 Å². The van der Waals surface area contributed by atoms with Crippen molar-refractivity contribution in [3.05, 3.63) is 12.7 Å². The lowest BCUT2D eigenvalue weighted by Crippen LogP contribution is -2.61. The summed E-state index contributed by atoms with van der Waals surface area (Å²) in [6.45, 7) is 12.0. The average molecular weight is 519 g/mol. The van der Waals surface area contributed by atoms with Gasteiger partial charge in [-0.1, -0.05) is 52.5 Å². The monoisotopic (exact) mass is 518 g/mol. The molecular formula is C29H46N2O6. The maximum Gasteiger partial charge on any atom is 0.312 e. The second kappa shape index (κ2) is 11.0. The van der Waals surface area contributed by atoms with Gasteiger partial charge < -0.3 is 24.4 Å². The van der Waals surface area contributed by atoms with Crippen LogP contribution in [-0.2, 0) is 23.9 Å². The summed E-state index contributed by atoms with van der Waals surface area (Å²) in [4.78, 5) is 45.9. The Labute approximate surface area is 221 Å². The van der Waals surface area contributed by atoms with Gasteiger partial charge in [0.25, 0.3) is 0 Å². The molecule has 2 amide bonds. The SMILES string of the molecule is C=CCN(C(=O)C1N([C@@H](CO)[C@@H](C)CC)C(=O)[C@@H]2[C@@H](C(=O)OCC)[C@@]3(CC)CCC12O3)C1CCCCC1. The van der Waals surface area contributed by atoms with Gasteiger partial charge in [0.05, 0.1) is 30.8 Å². The van der Waals surface area contributed by atoms with Gasteiger partial charge in [0.2, 0.25) is 11.8 Å². The number of ether oxygens (including phenoxy) is 2. The third-order valence-corrected chi connectivity index (χ3v) is 9.86. The Morgan fingerprint density at radius 1 is 1.24 bits per heavy atom. The molecule has 8 nitrogen and oxygen atoms in total. The molecule has 2 bridgehead atoms. The number of amides is 2. The first-order chi connectivity index (χ1) is 17.8. The molecule has 4 aliphatic rings. The van der Waals surface area contributed by atoms with E-state index in [1.54, 1.807) is 17.9 Å². The minimum Gasteiger partial charge on any atom is -0.466 e. The van der Waals surface area contributed by atoms with Crippen molar-refractivity contribution >= 4 is 17.8 Å². The summed E-state index contributed by atoms with van der Waals surface area (Å²) in [5.41, 5.74) is -1.91. The van der Waals surface area contributed by atoms with Crippen molar-refractivity contribution in [1.82, 2.24) is 9.80 Å². The lowest BCUT2D eigenvalue weighted by molar-refractivity contribution is -0.164. The first-order valence-electron chi connectivity index (χ1n) is 14.5. The Morgan fingerprint density at radius 2 is 1.95 bits per heavy atom. The number of esters is 1.